The number of nitrogens with zero attached hydrogens (tertiary/aromatic N) is 4. The first-order valence-electron chi connectivity index (χ1n) is 9.39. The zero-order valence-corrected chi connectivity index (χ0v) is 17.7. The first-order valence-corrected chi connectivity index (χ1v) is 10.2. The zero-order valence-electron chi connectivity index (χ0n) is 16.9. The van der Waals surface area contributed by atoms with Crippen molar-refractivity contribution in [2.45, 2.75) is 30.4 Å². The van der Waals surface area contributed by atoms with Crippen LogP contribution in [0.2, 0.25) is 0 Å². The van der Waals surface area contributed by atoms with Gasteiger partial charge in [-0.05, 0) is 49.1 Å². The molecule has 1 aromatic carbocycles. The Hall–Kier alpha value is -2.56. The van der Waals surface area contributed by atoms with E-state index in [1.165, 1.54) is 0 Å². The molecule has 3 rings (SSSR count). The van der Waals surface area contributed by atoms with Gasteiger partial charge in [0.15, 0.2) is 22.5 Å². The number of carbonyl (C=O) groups is 1. The van der Waals surface area contributed by atoms with Crippen LogP contribution in [0.5, 0.6) is 0 Å². The monoisotopic (exact) mass is 436 g/mol. The summed E-state index contributed by atoms with van der Waals surface area (Å²) in [5.41, 5.74) is -0.230. The summed E-state index contributed by atoms with van der Waals surface area (Å²) in [7, 11) is 1.67. The number of aliphatic hydroxyl groups excluding tert-OH is 1. The number of hydrogen-bond donors (Lipinski definition) is 1. The number of ketones is 1. The average Bonchev–Trinajstić information content (AvgIpc) is 3.34. The van der Waals surface area contributed by atoms with Crippen LogP contribution < -0.4 is 0 Å². The second-order valence-electron chi connectivity index (χ2n) is 6.54. The summed E-state index contributed by atoms with van der Waals surface area (Å²) in [6.45, 7) is 5.79. The number of aromatic nitrogens is 3. The second kappa shape index (κ2) is 9.50. The number of furan rings is 1. The van der Waals surface area contributed by atoms with E-state index in [2.05, 4.69) is 28.9 Å². The number of rotatable bonds is 9. The molecule has 7 nitrogen and oxygen atoms in total. The Morgan fingerprint density at radius 1 is 1.20 bits per heavy atom. The van der Waals surface area contributed by atoms with Crippen molar-refractivity contribution in [3.8, 4) is 11.6 Å². The van der Waals surface area contributed by atoms with Crippen molar-refractivity contribution in [2.75, 3.05) is 19.7 Å². The number of benzene rings is 1. The van der Waals surface area contributed by atoms with E-state index in [1.807, 2.05) is 6.07 Å². The Balaban J connectivity index is 1.83. The Kier molecular flexibility index (Phi) is 7.01. The molecule has 0 saturated heterocycles. The highest BCUT2D eigenvalue weighted by Gasteiger charge is 2.21. The maximum atomic E-state index is 14.4. The third-order valence-electron chi connectivity index (χ3n) is 4.65. The number of aliphatic hydroxyl groups is 1. The first kappa shape index (κ1) is 22.1. The average molecular weight is 436 g/mol. The lowest BCUT2D eigenvalue weighted by Gasteiger charge is -2.15. The summed E-state index contributed by atoms with van der Waals surface area (Å²) >= 11 is 0.751. The van der Waals surface area contributed by atoms with E-state index in [0.717, 1.165) is 42.7 Å². The topological polar surface area (TPSA) is 84.4 Å². The van der Waals surface area contributed by atoms with Crippen molar-refractivity contribution in [1.82, 2.24) is 19.7 Å². The maximum Gasteiger partial charge on any atom is 0.200 e. The van der Waals surface area contributed by atoms with Gasteiger partial charge in [0.2, 0.25) is 0 Å². The minimum absolute atomic E-state index is 0.230. The van der Waals surface area contributed by atoms with Crippen molar-refractivity contribution in [1.29, 1.82) is 0 Å². The summed E-state index contributed by atoms with van der Waals surface area (Å²) < 4.78 is 36.2. The van der Waals surface area contributed by atoms with Gasteiger partial charge < -0.3 is 14.1 Å². The minimum atomic E-state index is -0.916. The van der Waals surface area contributed by atoms with E-state index in [4.69, 9.17) is 9.52 Å². The van der Waals surface area contributed by atoms with E-state index in [9.17, 15) is 13.6 Å². The van der Waals surface area contributed by atoms with Crippen molar-refractivity contribution in [3.63, 3.8) is 0 Å². The lowest BCUT2D eigenvalue weighted by Crippen LogP contribution is -2.21. The van der Waals surface area contributed by atoms with E-state index < -0.39 is 24.0 Å². The van der Waals surface area contributed by atoms with Crippen LogP contribution in [0.3, 0.4) is 0 Å². The van der Waals surface area contributed by atoms with Gasteiger partial charge in [-0.25, -0.2) is 8.78 Å². The van der Waals surface area contributed by atoms with Gasteiger partial charge in [-0.1, -0.05) is 13.8 Å². The van der Waals surface area contributed by atoms with Gasteiger partial charge in [0, 0.05) is 12.6 Å². The molecule has 0 saturated carbocycles. The smallest absolute Gasteiger partial charge is 0.200 e. The van der Waals surface area contributed by atoms with Crippen LogP contribution in [0.25, 0.3) is 11.6 Å². The second-order valence-corrected chi connectivity index (χ2v) is 7.52. The quantitative estimate of drug-likeness (QED) is 0.514. The molecule has 2 heterocycles. The van der Waals surface area contributed by atoms with E-state index in [1.54, 1.807) is 17.7 Å². The van der Waals surface area contributed by atoms with Crippen LogP contribution in [-0.2, 0) is 13.6 Å². The molecule has 0 bridgehead atoms. The zero-order chi connectivity index (χ0) is 21.8. The van der Waals surface area contributed by atoms with E-state index >= 15 is 0 Å². The Morgan fingerprint density at radius 2 is 1.87 bits per heavy atom. The molecule has 0 amide bonds. The van der Waals surface area contributed by atoms with Crippen molar-refractivity contribution in [3.05, 3.63) is 47.2 Å². The molecule has 0 unspecified atom stereocenters. The molecule has 0 aliphatic rings. The predicted molar refractivity (Wildman–Crippen MR) is 107 cm³/mol. The molecule has 0 atom stereocenters. The molecule has 10 heteroatoms. The molecule has 0 fully saturated rings. The fourth-order valence-electron chi connectivity index (χ4n) is 2.87. The highest BCUT2D eigenvalue weighted by atomic mass is 32.2. The normalized spacial score (nSPS) is 11.4. The van der Waals surface area contributed by atoms with Crippen LogP contribution in [0.1, 0.15) is 30.0 Å². The number of halogens is 2. The summed E-state index contributed by atoms with van der Waals surface area (Å²) in [6, 6.07) is 5.44. The van der Waals surface area contributed by atoms with Gasteiger partial charge in [0.05, 0.1) is 11.4 Å². The third kappa shape index (κ3) is 4.61. The lowest BCUT2D eigenvalue weighted by atomic mass is 10.1. The third-order valence-corrected chi connectivity index (χ3v) is 5.78. The van der Waals surface area contributed by atoms with Crippen LogP contribution in [-0.4, -0.2) is 50.3 Å². The molecule has 0 aliphatic carbocycles. The number of Topliss-reactive ketones (excluding diaryl/α,β-unsaturated/α-hetero) is 1. The summed E-state index contributed by atoms with van der Waals surface area (Å²) in [5.74, 6) is -0.877. The lowest BCUT2D eigenvalue weighted by molar-refractivity contribution is 0.0902. The molecule has 0 spiro atoms. The van der Waals surface area contributed by atoms with Gasteiger partial charge in [-0.3, -0.25) is 9.69 Å². The maximum absolute atomic E-state index is 14.4. The SMILES string of the molecule is CCN(CC)Cc1ccc(-c2nnc(Sc3c(F)cc(C(=O)CO)cc3F)n2C)o1. The molecule has 160 valence electrons. The van der Waals surface area contributed by atoms with Crippen molar-refractivity contribution < 1.29 is 23.1 Å². The molecule has 30 heavy (non-hydrogen) atoms. The molecule has 0 aliphatic heterocycles. The molecule has 2 aromatic heterocycles. The van der Waals surface area contributed by atoms with Crippen LogP contribution >= 0.6 is 11.8 Å². The molecule has 1 N–H and O–H groups in total. The summed E-state index contributed by atoms with van der Waals surface area (Å²) in [6.07, 6.45) is 0. The predicted octanol–water partition coefficient (Wildman–Crippen LogP) is 3.52. The van der Waals surface area contributed by atoms with E-state index in [-0.39, 0.29) is 15.6 Å². The van der Waals surface area contributed by atoms with Gasteiger partial charge in [0.25, 0.3) is 0 Å². The van der Waals surface area contributed by atoms with Crippen LogP contribution in [0.4, 0.5) is 8.78 Å². The van der Waals surface area contributed by atoms with Gasteiger partial charge >= 0.3 is 0 Å². The Morgan fingerprint density at radius 3 is 2.47 bits per heavy atom. The van der Waals surface area contributed by atoms with Crippen LogP contribution in [0, 0.1) is 11.6 Å². The van der Waals surface area contributed by atoms with Gasteiger partial charge in [0.1, 0.15) is 24.0 Å². The summed E-state index contributed by atoms with van der Waals surface area (Å²) in [4.78, 5) is 13.4. The van der Waals surface area contributed by atoms with Gasteiger partial charge in [-0.15, -0.1) is 10.2 Å². The molecular weight excluding hydrogens is 414 g/mol. The number of carbonyl (C=O) groups excluding carboxylic acids is 1. The fourth-order valence-corrected chi connectivity index (χ4v) is 3.67. The highest BCUT2D eigenvalue weighted by molar-refractivity contribution is 7.99. The standard InChI is InChI=1S/C20H22F2N4O3S/c1-4-26(5-2)10-13-6-7-17(29-13)19-23-24-20(25(19)3)30-18-14(21)8-12(9-15(18)22)16(28)11-27/h6-9,27H,4-5,10-11H2,1-3H3. The summed E-state index contributed by atoms with van der Waals surface area (Å²) in [5, 5.41) is 17.2. The highest BCUT2D eigenvalue weighted by Crippen LogP contribution is 2.33. The molecule has 3 aromatic rings. The largest absolute Gasteiger partial charge is 0.456 e. The Bertz CT molecular complexity index is 1020. The van der Waals surface area contributed by atoms with Crippen molar-refractivity contribution in [2.24, 2.45) is 7.05 Å². The first-order chi connectivity index (χ1) is 14.4. The van der Waals surface area contributed by atoms with Gasteiger partial charge in [-0.2, -0.15) is 0 Å². The minimum Gasteiger partial charge on any atom is -0.456 e. The fraction of sp³-hybridized carbons (Fsp3) is 0.350. The molecular formula is C20H22F2N4O3S. The Labute approximate surface area is 176 Å². The van der Waals surface area contributed by atoms with E-state index in [0.29, 0.717) is 18.1 Å². The number of hydrogen-bond acceptors (Lipinski definition) is 7. The van der Waals surface area contributed by atoms with Crippen molar-refractivity contribution >= 4 is 17.5 Å². The molecule has 0 radical (unpaired) electrons. The van der Waals surface area contributed by atoms with Crippen LogP contribution in [0.15, 0.2) is 38.7 Å².